The van der Waals surface area contributed by atoms with Gasteiger partial charge in [-0.05, 0) is 49.3 Å². The first-order chi connectivity index (χ1) is 11.2. The summed E-state index contributed by atoms with van der Waals surface area (Å²) < 4.78 is 4.04. The number of halogens is 2. The minimum absolute atomic E-state index is 0. The first-order valence-electron chi connectivity index (χ1n) is 8.09. The fourth-order valence-corrected chi connectivity index (χ4v) is 3.70. The largest absolute Gasteiger partial charge is 0.338 e. The van der Waals surface area contributed by atoms with Crippen molar-refractivity contribution in [2.24, 2.45) is 10.9 Å². The molecule has 1 aromatic heterocycles. The second-order valence-corrected chi connectivity index (χ2v) is 7.15. The summed E-state index contributed by atoms with van der Waals surface area (Å²) in [6.45, 7) is 2.81. The van der Waals surface area contributed by atoms with Crippen LogP contribution >= 0.6 is 35.5 Å². The van der Waals surface area contributed by atoms with Crippen LogP contribution < -0.4 is 5.32 Å². The number of hydrogen-bond acceptors (Lipinski definition) is 4. The molecule has 130 valence electrons. The molecule has 0 bridgehead atoms. The number of rotatable bonds is 4. The average Bonchev–Trinajstić information content (AvgIpc) is 3.00. The van der Waals surface area contributed by atoms with Crippen molar-refractivity contribution in [3.63, 3.8) is 0 Å². The first-order valence-corrected chi connectivity index (χ1v) is 9.24. The summed E-state index contributed by atoms with van der Waals surface area (Å²) >= 11 is 7.64. The zero-order valence-corrected chi connectivity index (χ0v) is 16.1. The van der Waals surface area contributed by atoms with E-state index in [4.69, 9.17) is 16.6 Å². The Morgan fingerprint density at radius 1 is 1.29 bits per heavy atom. The number of para-hydroxylation sites is 1. The van der Waals surface area contributed by atoms with Crippen LogP contribution in [0.25, 0.3) is 0 Å². The predicted octanol–water partition coefficient (Wildman–Crippen LogP) is 5.36. The molecule has 0 amide bonds. The van der Waals surface area contributed by atoms with Gasteiger partial charge in [-0.25, -0.2) is 0 Å². The second-order valence-electron chi connectivity index (χ2n) is 5.99. The number of nitrogens with one attached hydrogen (secondary N) is 1. The van der Waals surface area contributed by atoms with E-state index in [0.717, 1.165) is 28.6 Å². The van der Waals surface area contributed by atoms with E-state index in [1.165, 1.54) is 43.6 Å². The van der Waals surface area contributed by atoms with Gasteiger partial charge in [0.05, 0.1) is 16.4 Å². The van der Waals surface area contributed by atoms with E-state index in [2.05, 4.69) is 14.9 Å². The van der Waals surface area contributed by atoms with Gasteiger partial charge in [-0.3, -0.25) is 4.99 Å². The van der Waals surface area contributed by atoms with Crippen molar-refractivity contribution in [2.45, 2.75) is 39.0 Å². The van der Waals surface area contributed by atoms with E-state index in [9.17, 15) is 0 Å². The Labute approximate surface area is 158 Å². The van der Waals surface area contributed by atoms with Crippen molar-refractivity contribution in [1.82, 2.24) is 9.59 Å². The molecule has 2 aromatic rings. The Kier molecular flexibility index (Phi) is 7.46. The molecule has 1 aliphatic rings. The minimum Gasteiger partial charge on any atom is -0.338 e. The van der Waals surface area contributed by atoms with Gasteiger partial charge >= 0.3 is 0 Å². The number of hydrogen-bond donors (Lipinski definition) is 1. The lowest BCUT2D eigenvalue weighted by atomic mass is 9.89. The zero-order valence-electron chi connectivity index (χ0n) is 13.7. The molecule has 4 nitrogen and oxygen atoms in total. The number of aliphatic imine (C=N–C) groups is 1. The molecule has 1 saturated carbocycles. The summed E-state index contributed by atoms with van der Waals surface area (Å²) in [5, 5.41) is 8.18. The molecular formula is C17H22Cl2N4S. The highest BCUT2D eigenvalue weighted by molar-refractivity contribution is 7.08. The van der Waals surface area contributed by atoms with Crippen molar-refractivity contribution in [3.8, 4) is 0 Å². The summed E-state index contributed by atoms with van der Waals surface area (Å²) in [7, 11) is 0. The van der Waals surface area contributed by atoms with Crippen LogP contribution in [0.3, 0.4) is 0 Å². The molecule has 1 N–H and O–H groups in total. The van der Waals surface area contributed by atoms with Gasteiger partial charge in [0.15, 0.2) is 0 Å². The molecule has 24 heavy (non-hydrogen) atoms. The number of aromatic nitrogens is 2. The highest BCUT2D eigenvalue weighted by atomic mass is 35.5. The van der Waals surface area contributed by atoms with Crippen LogP contribution in [0.15, 0.2) is 29.3 Å². The number of benzene rings is 1. The Bertz CT molecular complexity index is 681. The molecule has 0 saturated heterocycles. The predicted molar refractivity (Wildman–Crippen MR) is 105 cm³/mol. The van der Waals surface area contributed by atoms with E-state index < -0.39 is 0 Å². The molecule has 1 fully saturated rings. The Hall–Kier alpha value is -1.17. The lowest BCUT2D eigenvalue weighted by Gasteiger charge is -2.20. The van der Waals surface area contributed by atoms with Gasteiger partial charge in [-0.2, -0.15) is 0 Å². The van der Waals surface area contributed by atoms with Crippen LogP contribution in [-0.2, 0) is 0 Å². The van der Waals surface area contributed by atoms with Gasteiger partial charge in [-0.15, -0.1) is 17.5 Å². The number of anilines is 1. The second kappa shape index (κ2) is 9.35. The Morgan fingerprint density at radius 2 is 2.04 bits per heavy atom. The van der Waals surface area contributed by atoms with Crippen LogP contribution in [0.5, 0.6) is 0 Å². The van der Waals surface area contributed by atoms with E-state index in [1.807, 2.05) is 31.2 Å². The van der Waals surface area contributed by atoms with Gasteiger partial charge in [0.2, 0.25) is 0 Å². The van der Waals surface area contributed by atoms with Crippen LogP contribution in [0.2, 0.25) is 5.02 Å². The van der Waals surface area contributed by atoms with E-state index in [1.54, 1.807) is 0 Å². The van der Waals surface area contributed by atoms with Crippen LogP contribution in [0, 0.1) is 12.8 Å². The van der Waals surface area contributed by atoms with Crippen molar-refractivity contribution in [2.75, 3.05) is 11.9 Å². The molecule has 0 aliphatic heterocycles. The maximum absolute atomic E-state index is 6.27. The normalized spacial score (nSPS) is 15.8. The van der Waals surface area contributed by atoms with Crippen molar-refractivity contribution < 1.29 is 0 Å². The summed E-state index contributed by atoms with van der Waals surface area (Å²) in [6, 6.07) is 7.72. The maximum Gasteiger partial charge on any atom is 0.146 e. The van der Waals surface area contributed by atoms with Gasteiger partial charge in [0.1, 0.15) is 10.7 Å². The molecule has 0 radical (unpaired) electrons. The third-order valence-corrected chi connectivity index (χ3v) is 5.39. The molecule has 0 spiro atoms. The molecule has 3 rings (SSSR count). The number of amidine groups is 1. The van der Waals surface area contributed by atoms with Gasteiger partial charge in [-0.1, -0.05) is 47.5 Å². The SMILES string of the molecule is Cc1nnsc1C(=NCC1CCCCC1)Nc1ccccc1Cl.Cl. The minimum atomic E-state index is 0. The quantitative estimate of drug-likeness (QED) is 0.569. The average molecular weight is 385 g/mol. The molecule has 1 aliphatic carbocycles. The lowest BCUT2D eigenvalue weighted by Crippen LogP contribution is -2.17. The highest BCUT2D eigenvalue weighted by Crippen LogP contribution is 2.25. The molecule has 0 atom stereocenters. The molecule has 7 heteroatoms. The van der Waals surface area contributed by atoms with Crippen LogP contribution in [0.1, 0.15) is 42.7 Å². The summed E-state index contributed by atoms with van der Waals surface area (Å²) in [5.74, 6) is 1.52. The van der Waals surface area contributed by atoms with E-state index in [-0.39, 0.29) is 12.4 Å². The van der Waals surface area contributed by atoms with Crippen molar-refractivity contribution in [1.29, 1.82) is 0 Å². The van der Waals surface area contributed by atoms with E-state index >= 15 is 0 Å². The fraction of sp³-hybridized carbons (Fsp3) is 0.471. The number of aryl methyl sites for hydroxylation is 1. The van der Waals surface area contributed by atoms with Gasteiger partial charge < -0.3 is 5.32 Å². The molecule has 1 heterocycles. The zero-order chi connectivity index (χ0) is 16.1. The topological polar surface area (TPSA) is 50.2 Å². The van der Waals surface area contributed by atoms with Gasteiger partial charge in [0, 0.05) is 6.54 Å². The van der Waals surface area contributed by atoms with Crippen LogP contribution in [-0.4, -0.2) is 22.0 Å². The lowest BCUT2D eigenvalue weighted by molar-refractivity contribution is 0.367. The Balaban J connectivity index is 0.00000208. The molecular weight excluding hydrogens is 363 g/mol. The van der Waals surface area contributed by atoms with Crippen molar-refractivity contribution >= 4 is 47.1 Å². The summed E-state index contributed by atoms with van der Waals surface area (Å²) in [5.41, 5.74) is 1.77. The third kappa shape index (κ3) is 4.91. The smallest absolute Gasteiger partial charge is 0.146 e. The van der Waals surface area contributed by atoms with Crippen LogP contribution in [0.4, 0.5) is 5.69 Å². The highest BCUT2D eigenvalue weighted by Gasteiger charge is 2.16. The third-order valence-electron chi connectivity index (χ3n) is 4.23. The number of nitrogens with zero attached hydrogens (tertiary/aromatic N) is 3. The molecule has 0 unspecified atom stereocenters. The van der Waals surface area contributed by atoms with Gasteiger partial charge in [0.25, 0.3) is 0 Å². The summed E-state index contributed by atoms with van der Waals surface area (Å²) in [4.78, 5) is 5.85. The molecule has 1 aromatic carbocycles. The summed E-state index contributed by atoms with van der Waals surface area (Å²) in [6.07, 6.45) is 6.58. The fourth-order valence-electron chi connectivity index (χ4n) is 2.90. The Morgan fingerprint density at radius 3 is 2.71 bits per heavy atom. The van der Waals surface area contributed by atoms with Crippen molar-refractivity contribution in [3.05, 3.63) is 39.9 Å². The van der Waals surface area contributed by atoms with E-state index in [0.29, 0.717) is 10.9 Å². The maximum atomic E-state index is 6.27. The first kappa shape index (κ1) is 19.2. The monoisotopic (exact) mass is 384 g/mol. The standard InChI is InChI=1S/C17H21ClN4S.ClH/c1-12-16(23-22-21-12)17(19-11-13-7-3-2-4-8-13)20-15-10-6-5-9-14(15)18;/h5-6,9-10,13H,2-4,7-8,11H2,1H3,(H,19,20);1H.